The van der Waals surface area contributed by atoms with E-state index in [9.17, 15) is 22.8 Å². The molecular weight excluding hydrogens is 619 g/mol. The number of aromatic nitrogens is 1. The molecule has 48 heavy (non-hydrogen) atoms. The summed E-state index contributed by atoms with van der Waals surface area (Å²) in [6, 6.07) is 20.9. The van der Waals surface area contributed by atoms with Crippen molar-refractivity contribution in [3.8, 4) is 0 Å². The lowest BCUT2D eigenvalue weighted by molar-refractivity contribution is -0.192. The molecule has 7 nitrogen and oxygen atoms in total. The van der Waals surface area contributed by atoms with E-state index in [0.29, 0.717) is 30.0 Å². The fourth-order valence-corrected chi connectivity index (χ4v) is 7.30. The van der Waals surface area contributed by atoms with Crippen LogP contribution in [0.4, 0.5) is 13.2 Å². The van der Waals surface area contributed by atoms with Crippen molar-refractivity contribution in [2.75, 3.05) is 26.2 Å². The minimum Gasteiger partial charge on any atom is -0.475 e. The van der Waals surface area contributed by atoms with E-state index in [4.69, 9.17) is 9.90 Å². The molecule has 1 amide bonds. The minimum absolute atomic E-state index is 0.00288. The summed E-state index contributed by atoms with van der Waals surface area (Å²) in [5.74, 6) is -1.68. The Morgan fingerprint density at radius 2 is 1.50 bits per heavy atom. The molecule has 2 heterocycles. The summed E-state index contributed by atoms with van der Waals surface area (Å²) in [7, 11) is 1.85. The Kier molecular flexibility index (Phi) is 12.5. The van der Waals surface area contributed by atoms with Gasteiger partial charge in [0.05, 0.1) is 12.1 Å². The van der Waals surface area contributed by atoms with Crippen molar-refractivity contribution in [2.24, 2.45) is 24.3 Å². The molecule has 1 saturated carbocycles. The molecule has 2 fully saturated rings. The highest BCUT2D eigenvalue weighted by molar-refractivity contribution is 5.81. The molecule has 2 aliphatic rings. The normalized spacial score (nSPS) is 17.4. The number of carboxylic acid groups (broad SMARTS) is 1. The number of carboxylic acids is 1. The number of carbonyl (C=O) groups excluding carboxylic acids is 1. The highest BCUT2D eigenvalue weighted by Crippen LogP contribution is 2.36. The number of aliphatic carboxylic acids is 1. The number of para-hydroxylation sites is 1. The summed E-state index contributed by atoms with van der Waals surface area (Å²) in [6.07, 6.45) is 2.58. The number of likely N-dealkylation sites (tertiary alicyclic amines) is 1. The van der Waals surface area contributed by atoms with Crippen LogP contribution in [-0.4, -0.2) is 63.7 Å². The molecule has 10 heteroatoms. The van der Waals surface area contributed by atoms with Gasteiger partial charge in [-0.1, -0.05) is 88.6 Å². The van der Waals surface area contributed by atoms with Crippen molar-refractivity contribution in [3.05, 3.63) is 82.1 Å². The van der Waals surface area contributed by atoms with Crippen molar-refractivity contribution >= 4 is 22.8 Å². The molecule has 5 rings (SSSR count). The number of nitrogens with zero attached hydrogens (tertiary/aromatic N) is 3. The molecular formula is C38H50F3N3O4. The summed E-state index contributed by atoms with van der Waals surface area (Å²) in [5.41, 5.74) is 3.24. The lowest BCUT2D eigenvalue weighted by atomic mass is 9.79. The first-order valence-corrected chi connectivity index (χ1v) is 17.1. The number of rotatable bonds is 8. The zero-order valence-electron chi connectivity index (χ0n) is 28.6. The molecule has 262 valence electrons. The van der Waals surface area contributed by atoms with Gasteiger partial charge in [0.1, 0.15) is 0 Å². The van der Waals surface area contributed by atoms with Crippen LogP contribution in [0.2, 0.25) is 0 Å². The third kappa shape index (κ3) is 10.2. The number of amides is 1. The van der Waals surface area contributed by atoms with Crippen molar-refractivity contribution in [1.82, 2.24) is 14.4 Å². The molecule has 1 saturated heterocycles. The van der Waals surface area contributed by atoms with E-state index in [1.54, 1.807) is 4.57 Å². The first-order valence-electron chi connectivity index (χ1n) is 17.1. The Balaban J connectivity index is 0.000000671. The Morgan fingerprint density at radius 1 is 0.917 bits per heavy atom. The Morgan fingerprint density at radius 3 is 2.08 bits per heavy atom. The number of benzene rings is 2. The number of pyridine rings is 1. The van der Waals surface area contributed by atoms with E-state index in [-0.39, 0.29) is 23.3 Å². The zero-order valence-corrected chi connectivity index (χ0v) is 28.6. The van der Waals surface area contributed by atoms with Gasteiger partial charge in [0.25, 0.3) is 5.56 Å². The molecule has 0 bridgehead atoms. The lowest BCUT2D eigenvalue weighted by Crippen LogP contribution is -2.44. The van der Waals surface area contributed by atoms with Gasteiger partial charge >= 0.3 is 12.1 Å². The van der Waals surface area contributed by atoms with Crippen molar-refractivity contribution in [2.45, 2.75) is 84.4 Å². The van der Waals surface area contributed by atoms with Gasteiger partial charge < -0.3 is 19.5 Å². The molecule has 1 aliphatic heterocycles. The van der Waals surface area contributed by atoms with Crippen LogP contribution >= 0.6 is 0 Å². The smallest absolute Gasteiger partial charge is 0.475 e. The van der Waals surface area contributed by atoms with Gasteiger partial charge in [0.2, 0.25) is 5.91 Å². The van der Waals surface area contributed by atoms with Crippen LogP contribution < -0.4 is 5.56 Å². The maximum atomic E-state index is 14.2. The first kappa shape index (κ1) is 37.2. The van der Waals surface area contributed by atoms with E-state index in [1.165, 1.54) is 12.0 Å². The summed E-state index contributed by atoms with van der Waals surface area (Å²) in [5, 5.41) is 8.17. The molecule has 0 spiro atoms. The minimum atomic E-state index is -5.08. The van der Waals surface area contributed by atoms with Crippen LogP contribution in [0, 0.1) is 17.3 Å². The molecule has 1 atom stereocenters. The van der Waals surface area contributed by atoms with Crippen molar-refractivity contribution in [3.63, 3.8) is 0 Å². The standard InChI is InChI=1S/C36H49N3O2.C2HF3O2/c1-36(2,3)26-38-21-19-28(20-22-38)32(27-13-7-5-8-14-27)25-39(35(41)29-15-9-6-10-16-29)24-31-23-30-17-11-12-18-33(30)37(4)34(31)40;3-2(4,5)1(6)7/h5,7-8,11-14,17-18,23,28-29,32H,6,9-10,15-16,19-22,24-26H2,1-4H3;(H,6,7). The van der Waals surface area contributed by atoms with Crippen LogP contribution in [0.25, 0.3) is 10.9 Å². The van der Waals surface area contributed by atoms with Gasteiger partial charge in [0.15, 0.2) is 0 Å². The number of piperidine rings is 1. The fourth-order valence-electron chi connectivity index (χ4n) is 7.30. The highest BCUT2D eigenvalue weighted by Gasteiger charge is 2.38. The lowest BCUT2D eigenvalue weighted by Gasteiger charge is -2.41. The van der Waals surface area contributed by atoms with Gasteiger partial charge in [0, 0.05) is 37.5 Å². The second-order valence-electron chi connectivity index (χ2n) is 14.6. The van der Waals surface area contributed by atoms with Gasteiger partial charge in [-0.15, -0.1) is 0 Å². The Hall–Kier alpha value is -3.66. The predicted octanol–water partition coefficient (Wildman–Crippen LogP) is 7.62. The van der Waals surface area contributed by atoms with Gasteiger partial charge in [-0.3, -0.25) is 9.59 Å². The van der Waals surface area contributed by atoms with E-state index < -0.39 is 12.1 Å². The van der Waals surface area contributed by atoms with E-state index in [1.807, 2.05) is 31.3 Å². The van der Waals surface area contributed by atoms with Crippen molar-refractivity contribution in [1.29, 1.82) is 0 Å². The Bertz CT molecular complexity index is 1570. The molecule has 1 aromatic heterocycles. The van der Waals surface area contributed by atoms with Gasteiger partial charge in [-0.25, -0.2) is 4.79 Å². The maximum absolute atomic E-state index is 14.2. The molecule has 1 unspecified atom stereocenters. The summed E-state index contributed by atoms with van der Waals surface area (Å²) >= 11 is 0. The monoisotopic (exact) mass is 669 g/mol. The van der Waals surface area contributed by atoms with Gasteiger partial charge in [-0.05, 0) is 73.2 Å². The second-order valence-corrected chi connectivity index (χ2v) is 14.6. The van der Waals surface area contributed by atoms with Crippen LogP contribution in [0.5, 0.6) is 0 Å². The average molecular weight is 670 g/mol. The van der Waals surface area contributed by atoms with Crippen LogP contribution in [0.1, 0.15) is 82.8 Å². The highest BCUT2D eigenvalue weighted by atomic mass is 19.4. The van der Waals surface area contributed by atoms with Crippen LogP contribution in [0.3, 0.4) is 0 Å². The zero-order chi connectivity index (χ0) is 35.1. The van der Waals surface area contributed by atoms with E-state index in [2.05, 4.69) is 67.0 Å². The fraction of sp³-hybridized carbons (Fsp3) is 0.553. The number of alkyl halides is 3. The van der Waals surface area contributed by atoms with E-state index in [0.717, 1.165) is 69.1 Å². The summed E-state index contributed by atoms with van der Waals surface area (Å²) < 4.78 is 33.5. The SMILES string of the molecule is Cn1c(=O)c(CN(CC(c2ccccc2)C2CCN(CC(C)(C)C)CC2)C(=O)C2CCCCC2)cc2ccccc21.O=C(O)C(F)(F)F. The third-order valence-electron chi connectivity index (χ3n) is 9.62. The van der Waals surface area contributed by atoms with Gasteiger partial charge in [-0.2, -0.15) is 13.2 Å². The van der Waals surface area contributed by atoms with Crippen LogP contribution in [-0.2, 0) is 23.2 Å². The first-order chi connectivity index (χ1) is 22.6. The summed E-state index contributed by atoms with van der Waals surface area (Å²) in [6.45, 7) is 11.3. The topological polar surface area (TPSA) is 82.9 Å². The quantitative estimate of drug-likeness (QED) is 0.267. The van der Waals surface area contributed by atoms with Crippen LogP contribution in [0.15, 0.2) is 65.5 Å². The molecule has 1 aliphatic carbocycles. The number of aryl methyl sites for hydroxylation is 1. The summed E-state index contributed by atoms with van der Waals surface area (Å²) in [4.78, 5) is 41.4. The number of hydrogen-bond acceptors (Lipinski definition) is 4. The maximum Gasteiger partial charge on any atom is 0.490 e. The number of hydrogen-bond donors (Lipinski definition) is 1. The predicted molar refractivity (Wildman–Crippen MR) is 183 cm³/mol. The van der Waals surface area contributed by atoms with E-state index >= 15 is 0 Å². The second kappa shape index (κ2) is 16.2. The largest absolute Gasteiger partial charge is 0.490 e. The number of halogens is 3. The molecule has 0 radical (unpaired) electrons. The van der Waals surface area contributed by atoms with Crippen molar-refractivity contribution < 1.29 is 27.9 Å². The average Bonchev–Trinajstić information content (AvgIpc) is 3.05. The molecule has 2 aromatic carbocycles. The molecule has 3 aromatic rings. The number of fused-ring (bicyclic) bond motifs is 1. The molecule has 1 N–H and O–H groups in total. The third-order valence-corrected chi connectivity index (χ3v) is 9.62. The Labute approximate surface area is 281 Å². The number of carbonyl (C=O) groups is 2.